The average molecular weight is 296 g/mol. The Kier molecular flexibility index (Phi) is 4.08. The fraction of sp³-hybridized carbons (Fsp3) is 0.118. The van der Waals surface area contributed by atoms with Crippen molar-refractivity contribution >= 4 is 22.7 Å². The van der Waals surface area contributed by atoms with Crippen LogP contribution in [-0.2, 0) is 6.54 Å². The molecule has 0 saturated carbocycles. The van der Waals surface area contributed by atoms with Gasteiger partial charge in [0.15, 0.2) is 0 Å². The van der Waals surface area contributed by atoms with Crippen molar-refractivity contribution in [1.82, 2.24) is 4.98 Å². The normalized spacial score (nSPS) is 10.8. The van der Waals surface area contributed by atoms with Crippen LogP contribution in [0.15, 0.2) is 64.5 Å². The first-order valence-electron chi connectivity index (χ1n) is 6.71. The predicted molar refractivity (Wildman–Crippen MR) is 86.8 cm³/mol. The van der Waals surface area contributed by atoms with E-state index in [2.05, 4.69) is 17.1 Å². The largest absolute Gasteiger partial charge is 0.496 e. The highest BCUT2D eigenvalue weighted by molar-refractivity contribution is 7.99. The summed E-state index contributed by atoms with van der Waals surface area (Å²) in [6, 6.07) is 16.1. The minimum Gasteiger partial charge on any atom is -0.496 e. The first-order valence-corrected chi connectivity index (χ1v) is 7.52. The fourth-order valence-corrected chi connectivity index (χ4v) is 3.40. The number of fused-ring (bicyclic) bond motifs is 1. The van der Waals surface area contributed by atoms with Crippen LogP contribution in [0.3, 0.4) is 0 Å². The standard InChI is InChI=1S/C17H16N2OS/c1-20-15-8-4-5-9-16(15)21-17-12(10-18)11-19-14-7-3-2-6-13(14)17/h2-9,11H,10,18H2,1H3. The van der Waals surface area contributed by atoms with Gasteiger partial charge in [-0.15, -0.1) is 0 Å². The van der Waals surface area contributed by atoms with Crippen LogP contribution in [0.1, 0.15) is 5.56 Å². The summed E-state index contributed by atoms with van der Waals surface area (Å²) >= 11 is 1.67. The average Bonchev–Trinajstić information content (AvgIpc) is 2.55. The number of aromatic nitrogens is 1. The molecule has 0 saturated heterocycles. The van der Waals surface area contributed by atoms with Crippen molar-refractivity contribution in [3.05, 3.63) is 60.3 Å². The maximum atomic E-state index is 5.88. The lowest BCUT2D eigenvalue weighted by atomic mass is 10.1. The molecule has 1 heterocycles. The Bertz CT molecular complexity index is 774. The number of para-hydroxylation sites is 2. The highest BCUT2D eigenvalue weighted by Crippen LogP contribution is 2.39. The Hall–Kier alpha value is -2.04. The third kappa shape index (κ3) is 2.73. The van der Waals surface area contributed by atoms with Gasteiger partial charge in [-0.2, -0.15) is 0 Å². The lowest BCUT2D eigenvalue weighted by Gasteiger charge is -2.13. The van der Waals surface area contributed by atoms with Crippen molar-refractivity contribution in [2.75, 3.05) is 7.11 Å². The molecule has 0 aliphatic rings. The zero-order valence-electron chi connectivity index (χ0n) is 11.7. The SMILES string of the molecule is COc1ccccc1Sc1c(CN)cnc2ccccc12. The van der Waals surface area contributed by atoms with Crippen LogP contribution in [0.2, 0.25) is 0 Å². The van der Waals surface area contributed by atoms with E-state index in [1.165, 1.54) is 0 Å². The van der Waals surface area contributed by atoms with Crippen LogP contribution in [0.5, 0.6) is 5.75 Å². The van der Waals surface area contributed by atoms with Crippen molar-refractivity contribution < 1.29 is 4.74 Å². The Labute approximate surface area is 128 Å². The number of rotatable bonds is 4. The van der Waals surface area contributed by atoms with E-state index in [1.807, 2.05) is 42.6 Å². The van der Waals surface area contributed by atoms with E-state index in [4.69, 9.17) is 10.5 Å². The van der Waals surface area contributed by atoms with Crippen molar-refractivity contribution in [1.29, 1.82) is 0 Å². The van der Waals surface area contributed by atoms with Crippen molar-refractivity contribution in [2.45, 2.75) is 16.3 Å². The first kappa shape index (κ1) is 13.9. The molecular formula is C17H16N2OS. The maximum absolute atomic E-state index is 5.88. The lowest BCUT2D eigenvalue weighted by Crippen LogP contribution is -2.00. The van der Waals surface area contributed by atoms with Gasteiger partial charge >= 0.3 is 0 Å². The number of nitrogens with two attached hydrogens (primary N) is 1. The molecule has 4 heteroatoms. The van der Waals surface area contributed by atoms with Gasteiger partial charge < -0.3 is 10.5 Å². The van der Waals surface area contributed by atoms with Crippen LogP contribution in [0.4, 0.5) is 0 Å². The molecule has 0 bridgehead atoms. The summed E-state index contributed by atoms with van der Waals surface area (Å²) in [6.45, 7) is 0.468. The van der Waals surface area contributed by atoms with Crippen molar-refractivity contribution in [2.24, 2.45) is 5.73 Å². The van der Waals surface area contributed by atoms with Crippen LogP contribution in [0, 0.1) is 0 Å². The molecule has 2 N–H and O–H groups in total. The minimum atomic E-state index is 0.468. The molecule has 106 valence electrons. The summed E-state index contributed by atoms with van der Waals surface area (Å²) in [6.07, 6.45) is 1.86. The van der Waals surface area contributed by atoms with E-state index >= 15 is 0 Å². The number of methoxy groups -OCH3 is 1. The number of ether oxygens (including phenoxy) is 1. The molecular weight excluding hydrogens is 280 g/mol. The van der Waals surface area contributed by atoms with E-state index in [-0.39, 0.29) is 0 Å². The lowest BCUT2D eigenvalue weighted by molar-refractivity contribution is 0.405. The van der Waals surface area contributed by atoms with Crippen LogP contribution in [0.25, 0.3) is 10.9 Å². The number of pyridine rings is 1. The fourth-order valence-electron chi connectivity index (χ4n) is 2.24. The molecule has 0 aliphatic carbocycles. The van der Waals surface area contributed by atoms with Gasteiger partial charge in [0.25, 0.3) is 0 Å². The quantitative estimate of drug-likeness (QED) is 0.794. The first-order chi connectivity index (χ1) is 10.3. The van der Waals surface area contributed by atoms with Gasteiger partial charge in [0.05, 0.1) is 17.5 Å². The Morgan fingerprint density at radius 2 is 1.86 bits per heavy atom. The minimum absolute atomic E-state index is 0.468. The van der Waals surface area contributed by atoms with Gasteiger partial charge in [-0.05, 0) is 23.8 Å². The van der Waals surface area contributed by atoms with Crippen LogP contribution < -0.4 is 10.5 Å². The van der Waals surface area contributed by atoms with Gasteiger partial charge in [-0.1, -0.05) is 42.1 Å². The van der Waals surface area contributed by atoms with E-state index in [1.54, 1.807) is 18.9 Å². The summed E-state index contributed by atoms with van der Waals surface area (Å²) < 4.78 is 5.44. The van der Waals surface area contributed by atoms with E-state index < -0.39 is 0 Å². The predicted octanol–water partition coefficient (Wildman–Crippen LogP) is 3.85. The van der Waals surface area contributed by atoms with Crippen LogP contribution >= 0.6 is 11.8 Å². The Balaban J connectivity index is 2.14. The molecule has 0 unspecified atom stereocenters. The molecule has 0 radical (unpaired) electrons. The Morgan fingerprint density at radius 1 is 1.10 bits per heavy atom. The number of hydrogen-bond acceptors (Lipinski definition) is 4. The molecule has 1 aromatic heterocycles. The Morgan fingerprint density at radius 3 is 2.67 bits per heavy atom. The molecule has 2 aromatic carbocycles. The van der Waals surface area contributed by atoms with E-state index in [0.717, 1.165) is 32.0 Å². The molecule has 3 aromatic rings. The van der Waals surface area contributed by atoms with E-state index in [0.29, 0.717) is 6.54 Å². The molecule has 0 atom stereocenters. The summed E-state index contributed by atoms with van der Waals surface area (Å²) in [7, 11) is 1.69. The second-order valence-electron chi connectivity index (χ2n) is 4.59. The highest BCUT2D eigenvalue weighted by atomic mass is 32.2. The van der Waals surface area contributed by atoms with Gasteiger partial charge in [0, 0.05) is 23.0 Å². The number of hydrogen-bond donors (Lipinski definition) is 1. The summed E-state index contributed by atoms with van der Waals surface area (Å²) in [4.78, 5) is 6.69. The second kappa shape index (κ2) is 6.16. The smallest absolute Gasteiger partial charge is 0.132 e. The molecule has 0 amide bonds. The van der Waals surface area contributed by atoms with Crippen LogP contribution in [-0.4, -0.2) is 12.1 Å². The zero-order chi connectivity index (χ0) is 14.7. The van der Waals surface area contributed by atoms with Gasteiger partial charge in [0.1, 0.15) is 5.75 Å². The molecule has 0 fully saturated rings. The van der Waals surface area contributed by atoms with Crippen molar-refractivity contribution in [3.8, 4) is 5.75 Å². The monoisotopic (exact) mass is 296 g/mol. The summed E-state index contributed by atoms with van der Waals surface area (Å²) in [5.74, 6) is 0.867. The third-order valence-electron chi connectivity index (χ3n) is 3.30. The highest BCUT2D eigenvalue weighted by Gasteiger charge is 2.11. The molecule has 3 nitrogen and oxygen atoms in total. The maximum Gasteiger partial charge on any atom is 0.132 e. The topological polar surface area (TPSA) is 48.1 Å². The van der Waals surface area contributed by atoms with Gasteiger partial charge in [0.2, 0.25) is 0 Å². The van der Waals surface area contributed by atoms with Gasteiger partial charge in [-0.25, -0.2) is 0 Å². The molecule has 21 heavy (non-hydrogen) atoms. The summed E-state index contributed by atoms with van der Waals surface area (Å²) in [5.41, 5.74) is 7.91. The number of nitrogens with zero attached hydrogens (tertiary/aromatic N) is 1. The second-order valence-corrected chi connectivity index (χ2v) is 5.64. The van der Waals surface area contributed by atoms with E-state index in [9.17, 15) is 0 Å². The van der Waals surface area contributed by atoms with Gasteiger partial charge in [-0.3, -0.25) is 4.98 Å². The van der Waals surface area contributed by atoms with Crippen molar-refractivity contribution in [3.63, 3.8) is 0 Å². The number of benzene rings is 2. The summed E-state index contributed by atoms with van der Waals surface area (Å²) in [5, 5.41) is 1.12. The molecule has 3 rings (SSSR count). The zero-order valence-corrected chi connectivity index (χ0v) is 12.6. The third-order valence-corrected chi connectivity index (χ3v) is 4.54. The molecule has 0 aliphatic heterocycles. The molecule has 0 spiro atoms.